The van der Waals surface area contributed by atoms with Gasteiger partial charge >= 0.3 is 0 Å². The van der Waals surface area contributed by atoms with Crippen LogP contribution in [0.4, 0.5) is 0 Å². The van der Waals surface area contributed by atoms with Crippen LogP contribution in [0.1, 0.15) is 45.3 Å². The summed E-state index contributed by atoms with van der Waals surface area (Å²) in [5.41, 5.74) is 1.22. The Morgan fingerprint density at radius 1 is 1.28 bits per heavy atom. The summed E-state index contributed by atoms with van der Waals surface area (Å²) in [7, 11) is 0. The number of nitrogens with one attached hydrogen (secondary N) is 1. The Bertz CT molecular complexity index is 343. The molecule has 0 amide bonds. The lowest BCUT2D eigenvalue weighted by molar-refractivity contribution is -0.00733. The van der Waals surface area contributed by atoms with Crippen molar-refractivity contribution in [2.75, 3.05) is 13.1 Å². The van der Waals surface area contributed by atoms with Gasteiger partial charge in [-0.3, -0.25) is 0 Å². The molecule has 0 aliphatic heterocycles. The zero-order valence-corrected chi connectivity index (χ0v) is 13.2. The predicted molar refractivity (Wildman–Crippen MR) is 80.9 cm³/mol. The molecule has 2 unspecified atom stereocenters. The number of likely N-dealkylation sites (N-methyl/N-ethyl adjacent to an activating group) is 1. The molecule has 0 aliphatic rings. The molecule has 102 valence electrons. The van der Waals surface area contributed by atoms with E-state index in [2.05, 4.69) is 60.2 Å². The Morgan fingerprint density at radius 3 is 2.61 bits per heavy atom. The van der Waals surface area contributed by atoms with Crippen LogP contribution in [0, 0.1) is 0 Å². The molecule has 18 heavy (non-hydrogen) atoms. The Hall–Kier alpha value is -0.380. The minimum absolute atomic E-state index is 0.113. The van der Waals surface area contributed by atoms with E-state index in [4.69, 9.17) is 4.74 Å². The fourth-order valence-electron chi connectivity index (χ4n) is 2.00. The first-order valence-corrected chi connectivity index (χ1v) is 7.58. The molecule has 0 spiro atoms. The Balaban J connectivity index is 2.74. The van der Waals surface area contributed by atoms with Crippen LogP contribution in [0.15, 0.2) is 28.7 Å². The molecule has 2 nitrogen and oxygen atoms in total. The normalized spacial score (nSPS) is 14.4. The van der Waals surface area contributed by atoms with Gasteiger partial charge in [0.05, 0.1) is 12.2 Å². The second-order valence-corrected chi connectivity index (χ2v) is 5.41. The van der Waals surface area contributed by atoms with Crippen molar-refractivity contribution in [3.05, 3.63) is 34.3 Å². The third kappa shape index (κ3) is 5.09. The van der Waals surface area contributed by atoms with Gasteiger partial charge in [-0.2, -0.15) is 0 Å². The molecule has 0 bridgehead atoms. The SMILES string of the molecule is CCCC(C)OC(CNCC)c1ccccc1Br. The van der Waals surface area contributed by atoms with Crippen LogP contribution in [-0.4, -0.2) is 19.2 Å². The number of rotatable bonds is 8. The van der Waals surface area contributed by atoms with Crippen molar-refractivity contribution in [1.82, 2.24) is 5.32 Å². The van der Waals surface area contributed by atoms with Gasteiger partial charge in [0, 0.05) is 11.0 Å². The molecule has 0 aliphatic carbocycles. The smallest absolute Gasteiger partial charge is 0.0963 e. The largest absolute Gasteiger partial charge is 0.369 e. The van der Waals surface area contributed by atoms with E-state index in [1.165, 1.54) is 5.56 Å². The van der Waals surface area contributed by atoms with Crippen molar-refractivity contribution in [2.24, 2.45) is 0 Å². The van der Waals surface area contributed by atoms with Gasteiger partial charge in [-0.25, -0.2) is 0 Å². The van der Waals surface area contributed by atoms with E-state index < -0.39 is 0 Å². The number of halogens is 1. The number of ether oxygens (including phenoxy) is 1. The highest BCUT2D eigenvalue weighted by molar-refractivity contribution is 9.10. The molecule has 0 heterocycles. The van der Waals surface area contributed by atoms with Crippen molar-refractivity contribution in [1.29, 1.82) is 0 Å². The Labute approximate surface area is 119 Å². The summed E-state index contributed by atoms with van der Waals surface area (Å²) >= 11 is 3.61. The average Bonchev–Trinajstić information content (AvgIpc) is 2.35. The molecule has 0 saturated heterocycles. The maximum atomic E-state index is 6.17. The molecular weight excluding hydrogens is 290 g/mol. The van der Waals surface area contributed by atoms with Crippen LogP contribution in [0.25, 0.3) is 0 Å². The van der Waals surface area contributed by atoms with E-state index in [9.17, 15) is 0 Å². The van der Waals surface area contributed by atoms with Crippen LogP contribution in [0.5, 0.6) is 0 Å². The van der Waals surface area contributed by atoms with Crippen LogP contribution in [0.3, 0.4) is 0 Å². The fraction of sp³-hybridized carbons (Fsp3) is 0.600. The topological polar surface area (TPSA) is 21.3 Å². The average molecular weight is 314 g/mol. The van der Waals surface area contributed by atoms with Crippen molar-refractivity contribution in [3.63, 3.8) is 0 Å². The van der Waals surface area contributed by atoms with E-state index in [0.29, 0.717) is 6.10 Å². The quantitative estimate of drug-likeness (QED) is 0.772. The van der Waals surface area contributed by atoms with Gasteiger partial charge in [0.15, 0.2) is 0 Å². The van der Waals surface area contributed by atoms with Gasteiger partial charge in [-0.15, -0.1) is 0 Å². The first kappa shape index (κ1) is 15.7. The van der Waals surface area contributed by atoms with Crippen molar-refractivity contribution >= 4 is 15.9 Å². The summed E-state index contributed by atoms with van der Waals surface area (Å²) in [4.78, 5) is 0. The van der Waals surface area contributed by atoms with E-state index >= 15 is 0 Å². The highest BCUT2D eigenvalue weighted by Crippen LogP contribution is 2.27. The molecule has 2 atom stereocenters. The first-order valence-electron chi connectivity index (χ1n) is 6.79. The third-order valence-corrected chi connectivity index (χ3v) is 3.65. The molecule has 1 aromatic rings. The van der Waals surface area contributed by atoms with Gasteiger partial charge < -0.3 is 10.1 Å². The van der Waals surface area contributed by atoms with E-state index in [-0.39, 0.29) is 6.10 Å². The van der Waals surface area contributed by atoms with Crippen LogP contribution in [0.2, 0.25) is 0 Å². The lowest BCUT2D eigenvalue weighted by Crippen LogP contribution is -2.26. The number of hydrogen-bond donors (Lipinski definition) is 1. The molecule has 1 aromatic carbocycles. The predicted octanol–water partition coefficient (Wildman–Crippen LogP) is 4.30. The molecule has 0 fully saturated rings. The maximum absolute atomic E-state index is 6.17. The summed E-state index contributed by atoms with van der Waals surface area (Å²) in [6.07, 6.45) is 2.67. The zero-order valence-electron chi connectivity index (χ0n) is 11.6. The second-order valence-electron chi connectivity index (χ2n) is 4.55. The summed E-state index contributed by atoms with van der Waals surface area (Å²) in [5, 5.41) is 3.38. The molecule has 0 aromatic heterocycles. The van der Waals surface area contributed by atoms with E-state index in [1.807, 2.05) is 6.07 Å². The minimum Gasteiger partial charge on any atom is -0.369 e. The van der Waals surface area contributed by atoms with Gasteiger partial charge in [-0.05, 0) is 31.5 Å². The second kappa shape index (κ2) is 8.68. The summed E-state index contributed by atoms with van der Waals surface area (Å²) in [6, 6.07) is 8.30. The molecule has 1 N–H and O–H groups in total. The van der Waals surface area contributed by atoms with Gasteiger partial charge in [-0.1, -0.05) is 54.4 Å². The van der Waals surface area contributed by atoms with E-state index in [0.717, 1.165) is 30.4 Å². The molecule has 0 radical (unpaired) electrons. The summed E-state index contributed by atoms with van der Waals surface area (Å²) < 4.78 is 7.29. The number of hydrogen-bond acceptors (Lipinski definition) is 2. The summed E-state index contributed by atoms with van der Waals surface area (Å²) in [6.45, 7) is 8.28. The van der Waals surface area contributed by atoms with E-state index in [1.54, 1.807) is 0 Å². The van der Waals surface area contributed by atoms with Gasteiger partial charge in [0.25, 0.3) is 0 Å². The monoisotopic (exact) mass is 313 g/mol. The fourth-order valence-corrected chi connectivity index (χ4v) is 2.54. The molecule has 1 rings (SSSR count). The lowest BCUT2D eigenvalue weighted by atomic mass is 10.1. The van der Waals surface area contributed by atoms with Crippen LogP contribution in [-0.2, 0) is 4.74 Å². The van der Waals surface area contributed by atoms with Gasteiger partial charge in [0.1, 0.15) is 0 Å². The highest BCUT2D eigenvalue weighted by Gasteiger charge is 2.17. The zero-order chi connectivity index (χ0) is 13.4. The molecule has 0 saturated carbocycles. The van der Waals surface area contributed by atoms with Crippen molar-refractivity contribution in [3.8, 4) is 0 Å². The third-order valence-electron chi connectivity index (χ3n) is 2.92. The van der Waals surface area contributed by atoms with Crippen LogP contribution < -0.4 is 5.32 Å². The maximum Gasteiger partial charge on any atom is 0.0963 e. The Morgan fingerprint density at radius 2 is 2.00 bits per heavy atom. The lowest BCUT2D eigenvalue weighted by Gasteiger charge is -2.24. The first-order chi connectivity index (χ1) is 8.69. The highest BCUT2D eigenvalue weighted by atomic mass is 79.9. The minimum atomic E-state index is 0.113. The number of benzene rings is 1. The molecule has 3 heteroatoms. The standard InChI is InChI=1S/C15H24BrNO/c1-4-8-12(3)18-15(11-17-5-2)13-9-6-7-10-14(13)16/h6-7,9-10,12,15,17H,4-5,8,11H2,1-3H3. The summed E-state index contributed by atoms with van der Waals surface area (Å²) in [5.74, 6) is 0. The Kier molecular flexibility index (Phi) is 7.56. The van der Waals surface area contributed by atoms with Crippen molar-refractivity contribution in [2.45, 2.75) is 45.8 Å². The van der Waals surface area contributed by atoms with Gasteiger partial charge in [0.2, 0.25) is 0 Å². The van der Waals surface area contributed by atoms with Crippen LogP contribution >= 0.6 is 15.9 Å². The molecular formula is C15H24BrNO. The van der Waals surface area contributed by atoms with Crippen molar-refractivity contribution < 1.29 is 4.74 Å².